The minimum atomic E-state index is -0.412. The maximum Gasteiger partial charge on any atom is 0.311 e. The molecule has 0 aromatic carbocycles. The van der Waals surface area contributed by atoms with Gasteiger partial charge in [-0.25, -0.2) is 0 Å². The van der Waals surface area contributed by atoms with E-state index in [1.807, 2.05) is 6.07 Å². The van der Waals surface area contributed by atoms with Crippen molar-refractivity contribution in [3.63, 3.8) is 0 Å². The molecular weight excluding hydrogens is 442 g/mol. The fourth-order valence-corrected chi connectivity index (χ4v) is 6.50. The molecular formula is C26H40ClNO5. The lowest BCUT2D eigenvalue weighted by molar-refractivity contribution is -0.168. The van der Waals surface area contributed by atoms with E-state index in [1.54, 1.807) is 6.26 Å². The first-order valence-corrected chi connectivity index (χ1v) is 11.8. The standard InChI is InChI=1S/C26H39NO5.ClH/c1-18-7-10-22-25(2,13-6-14-26(22,3)24(29)31-5)20(18)9-8-19-12-16-32-21(19)17-27-15-11-23(28)30-4;/h12,16,20,22,27H,1,6-11,13-15,17H2,2-5H3;1H/t20-,22?,25+,26-;/m0./s1. The topological polar surface area (TPSA) is 77.8 Å². The SMILES string of the molecule is C=C1CCC2[C@](C)(CCC[C@]2(C)C(=O)OC)[C@H]1CCc1ccoc1CNCCC(=O)OC.Cl. The van der Waals surface area contributed by atoms with Gasteiger partial charge in [0.25, 0.3) is 0 Å². The minimum absolute atomic E-state index is 0. The van der Waals surface area contributed by atoms with E-state index < -0.39 is 5.41 Å². The van der Waals surface area contributed by atoms with Crippen LogP contribution in [0.15, 0.2) is 28.9 Å². The van der Waals surface area contributed by atoms with Crippen LogP contribution in [0.25, 0.3) is 0 Å². The highest BCUT2D eigenvalue weighted by molar-refractivity contribution is 5.85. The van der Waals surface area contributed by atoms with Gasteiger partial charge >= 0.3 is 11.9 Å². The third-order valence-electron chi connectivity index (χ3n) is 8.23. The molecule has 7 heteroatoms. The minimum Gasteiger partial charge on any atom is -0.469 e. The number of rotatable bonds is 9. The number of nitrogens with one attached hydrogen (secondary N) is 1. The number of ether oxygens (including phenoxy) is 2. The predicted molar refractivity (Wildman–Crippen MR) is 130 cm³/mol. The molecule has 0 radical (unpaired) electrons. The van der Waals surface area contributed by atoms with E-state index in [4.69, 9.17) is 9.15 Å². The van der Waals surface area contributed by atoms with Gasteiger partial charge in [0, 0.05) is 6.54 Å². The molecule has 0 amide bonds. The van der Waals surface area contributed by atoms with E-state index in [1.165, 1.54) is 25.4 Å². The number of carbonyl (C=O) groups excluding carboxylic acids is 2. The van der Waals surface area contributed by atoms with Crippen molar-refractivity contribution in [2.75, 3.05) is 20.8 Å². The Morgan fingerprint density at radius 1 is 1.24 bits per heavy atom. The molecule has 2 fully saturated rings. The first-order valence-electron chi connectivity index (χ1n) is 11.8. The van der Waals surface area contributed by atoms with E-state index in [0.29, 0.717) is 31.3 Å². The van der Waals surface area contributed by atoms with Gasteiger partial charge in [0.2, 0.25) is 0 Å². The maximum atomic E-state index is 12.8. The highest BCUT2D eigenvalue weighted by Crippen LogP contribution is 2.62. The Hall–Kier alpha value is -1.79. The van der Waals surface area contributed by atoms with Crippen molar-refractivity contribution in [3.8, 4) is 0 Å². The number of allylic oxidation sites excluding steroid dienone is 1. The number of methoxy groups -OCH3 is 2. The lowest BCUT2D eigenvalue weighted by Gasteiger charge is -2.57. The number of fused-ring (bicyclic) bond motifs is 1. The van der Waals surface area contributed by atoms with Crippen LogP contribution in [0.5, 0.6) is 0 Å². The van der Waals surface area contributed by atoms with Crippen LogP contribution in [0.1, 0.15) is 70.1 Å². The van der Waals surface area contributed by atoms with Gasteiger partial charge in [0.05, 0.1) is 38.9 Å². The average molecular weight is 482 g/mol. The molecule has 1 unspecified atom stereocenters. The van der Waals surface area contributed by atoms with E-state index >= 15 is 0 Å². The fourth-order valence-electron chi connectivity index (χ4n) is 6.50. The number of carbonyl (C=O) groups is 2. The molecule has 0 spiro atoms. The van der Waals surface area contributed by atoms with Gasteiger partial charge in [0.15, 0.2) is 0 Å². The van der Waals surface area contributed by atoms with E-state index in [9.17, 15) is 9.59 Å². The van der Waals surface area contributed by atoms with Crippen molar-refractivity contribution >= 4 is 24.3 Å². The Kier molecular flexibility index (Phi) is 9.62. The predicted octanol–water partition coefficient (Wildman–Crippen LogP) is 5.24. The van der Waals surface area contributed by atoms with Gasteiger partial charge < -0.3 is 19.2 Å². The summed E-state index contributed by atoms with van der Waals surface area (Å²) in [4.78, 5) is 24.0. The zero-order valence-electron chi connectivity index (χ0n) is 20.5. The van der Waals surface area contributed by atoms with Crippen molar-refractivity contribution < 1.29 is 23.5 Å². The quantitative estimate of drug-likeness (QED) is 0.295. The second-order valence-electron chi connectivity index (χ2n) is 9.98. The lowest BCUT2D eigenvalue weighted by atomic mass is 9.46. The zero-order chi connectivity index (χ0) is 23.4. The molecule has 1 N–H and O–H groups in total. The molecule has 2 aliphatic carbocycles. The number of furan rings is 1. The van der Waals surface area contributed by atoms with Crippen LogP contribution in [0, 0.1) is 22.7 Å². The largest absolute Gasteiger partial charge is 0.469 e. The first-order chi connectivity index (χ1) is 15.3. The fraction of sp³-hybridized carbons (Fsp3) is 0.692. The van der Waals surface area contributed by atoms with Crippen LogP contribution in [0.2, 0.25) is 0 Å². The molecule has 1 aromatic heterocycles. The summed E-state index contributed by atoms with van der Waals surface area (Å²) >= 11 is 0. The van der Waals surface area contributed by atoms with Crippen molar-refractivity contribution in [2.24, 2.45) is 22.7 Å². The van der Waals surface area contributed by atoms with Crippen LogP contribution >= 0.6 is 12.4 Å². The van der Waals surface area contributed by atoms with E-state index in [-0.39, 0.29) is 29.8 Å². The lowest BCUT2D eigenvalue weighted by Crippen LogP contribution is -2.53. The van der Waals surface area contributed by atoms with E-state index in [2.05, 4.69) is 30.5 Å². The average Bonchev–Trinajstić information content (AvgIpc) is 3.22. The van der Waals surface area contributed by atoms with E-state index in [0.717, 1.165) is 50.7 Å². The number of hydrogen-bond donors (Lipinski definition) is 1. The van der Waals surface area contributed by atoms with Crippen molar-refractivity contribution in [2.45, 2.75) is 71.8 Å². The molecule has 1 aromatic rings. The highest BCUT2D eigenvalue weighted by Gasteiger charge is 2.57. The van der Waals surface area contributed by atoms with Crippen LogP contribution in [0.4, 0.5) is 0 Å². The van der Waals surface area contributed by atoms with Crippen molar-refractivity contribution in [1.29, 1.82) is 0 Å². The smallest absolute Gasteiger partial charge is 0.311 e. The molecule has 2 aliphatic rings. The molecule has 33 heavy (non-hydrogen) atoms. The third kappa shape index (κ3) is 5.65. The molecule has 2 saturated carbocycles. The summed E-state index contributed by atoms with van der Waals surface area (Å²) in [6.07, 6.45) is 9.05. The molecule has 4 atom stereocenters. The van der Waals surface area contributed by atoms with Gasteiger partial charge in [-0.15, -0.1) is 12.4 Å². The first kappa shape index (κ1) is 27.5. The molecule has 1 heterocycles. The summed E-state index contributed by atoms with van der Waals surface area (Å²) in [5.74, 6) is 1.33. The number of esters is 2. The van der Waals surface area contributed by atoms with Crippen molar-refractivity contribution in [3.05, 3.63) is 35.8 Å². The van der Waals surface area contributed by atoms with Gasteiger partial charge in [0.1, 0.15) is 5.76 Å². The molecule has 0 aliphatic heterocycles. The van der Waals surface area contributed by atoms with Gasteiger partial charge in [-0.1, -0.05) is 25.5 Å². The van der Waals surface area contributed by atoms with Crippen molar-refractivity contribution in [1.82, 2.24) is 5.32 Å². The summed E-state index contributed by atoms with van der Waals surface area (Å²) < 4.78 is 15.6. The van der Waals surface area contributed by atoms with Crippen LogP contribution < -0.4 is 5.32 Å². The summed E-state index contributed by atoms with van der Waals surface area (Å²) in [6.45, 7) is 10.1. The zero-order valence-corrected chi connectivity index (χ0v) is 21.4. The van der Waals surface area contributed by atoms with Gasteiger partial charge in [-0.2, -0.15) is 0 Å². The number of aryl methyl sites for hydroxylation is 1. The highest BCUT2D eigenvalue weighted by atomic mass is 35.5. The van der Waals surface area contributed by atoms with Gasteiger partial charge in [-0.3, -0.25) is 9.59 Å². The molecule has 6 nitrogen and oxygen atoms in total. The summed E-state index contributed by atoms with van der Waals surface area (Å²) in [5.41, 5.74) is 2.16. The van der Waals surface area contributed by atoms with Crippen LogP contribution in [-0.2, 0) is 32.0 Å². The Bertz CT molecular complexity index is 836. The summed E-state index contributed by atoms with van der Waals surface area (Å²) in [6, 6.07) is 2.04. The molecule has 3 rings (SSSR count). The number of hydrogen-bond acceptors (Lipinski definition) is 6. The number of halogens is 1. The second kappa shape index (κ2) is 11.6. The van der Waals surface area contributed by atoms with Crippen LogP contribution in [0.3, 0.4) is 0 Å². The molecule has 0 saturated heterocycles. The third-order valence-corrected chi connectivity index (χ3v) is 8.23. The summed E-state index contributed by atoms with van der Waals surface area (Å²) in [5, 5.41) is 3.26. The molecule has 186 valence electrons. The summed E-state index contributed by atoms with van der Waals surface area (Å²) in [7, 11) is 2.91. The maximum absolute atomic E-state index is 12.8. The Morgan fingerprint density at radius 3 is 2.70 bits per heavy atom. The second-order valence-corrected chi connectivity index (χ2v) is 9.98. The Labute approximate surface area is 204 Å². The Morgan fingerprint density at radius 2 is 2.00 bits per heavy atom. The Balaban J connectivity index is 0.00000385. The van der Waals surface area contributed by atoms with Crippen LogP contribution in [-0.4, -0.2) is 32.7 Å². The molecule has 0 bridgehead atoms. The van der Waals surface area contributed by atoms with Gasteiger partial charge in [-0.05, 0) is 74.3 Å². The normalized spacial score (nSPS) is 29.0. The monoisotopic (exact) mass is 481 g/mol.